The van der Waals surface area contributed by atoms with Crippen LogP contribution in [0.15, 0.2) is 30.6 Å². The number of likely N-dealkylation sites (tertiary alicyclic amines) is 1. The van der Waals surface area contributed by atoms with E-state index in [9.17, 15) is 0 Å². The molecule has 3 heterocycles. The predicted octanol–water partition coefficient (Wildman–Crippen LogP) is 3.27. The number of hydrogen-bond acceptors (Lipinski definition) is 2. The van der Waals surface area contributed by atoms with Gasteiger partial charge in [0.05, 0.1) is 11.7 Å². The molecule has 0 radical (unpaired) electrons. The van der Waals surface area contributed by atoms with Crippen LogP contribution in [0.5, 0.6) is 0 Å². The maximum Gasteiger partial charge on any atom is 0.137 e. The minimum absolute atomic E-state index is 0.499. The number of nitrogens with zero attached hydrogens (tertiary/aromatic N) is 3. The average molecular weight is 243 g/mol. The van der Waals surface area contributed by atoms with Crippen LogP contribution in [0, 0.1) is 0 Å². The van der Waals surface area contributed by atoms with Gasteiger partial charge in [0.1, 0.15) is 5.65 Å². The molecule has 1 unspecified atom stereocenters. The van der Waals surface area contributed by atoms with E-state index >= 15 is 0 Å². The van der Waals surface area contributed by atoms with Crippen LogP contribution in [0.3, 0.4) is 0 Å². The molecule has 0 spiro atoms. The standard InChI is InChI=1S/C15H21N3/c1-12(2)18-10-6-3-7-14(18)13-11-17-9-5-4-8-15(17)16-13/h4-5,8-9,11-12,14H,3,6-7,10H2,1-2H3. The number of aromatic nitrogens is 2. The molecule has 0 N–H and O–H groups in total. The van der Waals surface area contributed by atoms with Crippen molar-refractivity contribution >= 4 is 5.65 Å². The van der Waals surface area contributed by atoms with E-state index in [0.717, 1.165) is 5.65 Å². The molecule has 0 saturated carbocycles. The van der Waals surface area contributed by atoms with Crippen molar-refractivity contribution in [2.75, 3.05) is 6.54 Å². The molecule has 1 atom stereocenters. The molecule has 3 heteroatoms. The highest BCUT2D eigenvalue weighted by Gasteiger charge is 2.27. The highest BCUT2D eigenvalue weighted by molar-refractivity contribution is 5.40. The molecule has 96 valence electrons. The molecule has 0 bridgehead atoms. The second kappa shape index (κ2) is 4.73. The Hall–Kier alpha value is -1.35. The van der Waals surface area contributed by atoms with Gasteiger partial charge in [-0.15, -0.1) is 0 Å². The summed E-state index contributed by atoms with van der Waals surface area (Å²) in [5.41, 5.74) is 2.29. The summed E-state index contributed by atoms with van der Waals surface area (Å²) >= 11 is 0. The summed E-state index contributed by atoms with van der Waals surface area (Å²) in [6.45, 7) is 5.78. The maximum absolute atomic E-state index is 4.79. The molecule has 0 aliphatic carbocycles. The van der Waals surface area contributed by atoms with Crippen LogP contribution in [0.2, 0.25) is 0 Å². The lowest BCUT2D eigenvalue weighted by molar-refractivity contribution is 0.109. The minimum Gasteiger partial charge on any atom is -0.307 e. The van der Waals surface area contributed by atoms with E-state index in [1.54, 1.807) is 0 Å². The van der Waals surface area contributed by atoms with E-state index in [1.807, 2.05) is 6.07 Å². The molecule has 1 saturated heterocycles. The van der Waals surface area contributed by atoms with Gasteiger partial charge >= 0.3 is 0 Å². The van der Waals surface area contributed by atoms with Gasteiger partial charge in [0.2, 0.25) is 0 Å². The van der Waals surface area contributed by atoms with Gasteiger partial charge in [-0.25, -0.2) is 4.98 Å². The Morgan fingerprint density at radius 1 is 1.28 bits per heavy atom. The molecule has 18 heavy (non-hydrogen) atoms. The number of imidazole rings is 1. The van der Waals surface area contributed by atoms with Gasteiger partial charge in [0.15, 0.2) is 0 Å². The zero-order valence-corrected chi connectivity index (χ0v) is 11.2. The lowest BCUT2D eigenvalue weighted by Crippen LogP contribution is -2.38. The van der Waals surface area contributed by atoms with Crippen molar-refractivity contribution in [3.8, 4) is 0 Å². The van der Waals surface area contributed by atoms with Crippen molar-refractivity contribution in [3.05, 3.63) is 36.3 Å². The van der Waals surface area contributed by atoms with Gasteiger partial charge in [-0.1, -0.05) is 12.5 Å². The van der Waals surface area contributed by atoms with Gasteiger partial charge in [0, 0.05) is 18.4 Å². The lowest BCUT2D eigenvalue weighted by atomic mass is 9.98. The first-order valence-corrected chi connectivity index (χ1v) is 6.95. The smallest absolute Gasteiger partial charge is 0.137 e. The summed E-state index contributed by atoms with van der Waals surface area (Å²) in [6.07, 6.45) is 8.15. The van der Waals surface area contributed by atoms with Gasteiger partial charge in [0.25, 0.3) is 0 Å². The first-order valence-electron chi connectivity index (χ1n) is 6.95. The molecule has 1 aliphatic heterocycles. The Balaban J connectivity index is 1.96. The molecule has 3 nitrogen and oxygen atoms in total. The minimum atomic E-state index is 0.499. The summed E-state index contributed by atoms with van der Waals surface area (Å²) in [7, 11) is 0. The molecular weight excluding hydrogens is 222 g/mol. The first-order chi connectivity index (χ1) is 8.75. The van der Waals surface area contributed by atoms with Crippen LogP contribution >= 0.6 is 0 Å². The van der Waals surface area contributed by atoms with Crippen molar-refractivity contribution in [1.29, 1.82) is 0 Å². The molecule has 1 fully saturated rings. The topological polar surface area (TPSA) is 20.5 Å². The van der Waals surface area contributed by atoms with Crippen LogP contribution in [0.4, 0.5) is 0 Å². The largest absolute Gasteiger partial charge is 0.307 e. The Morgan fingerprint density at radius 2 is 2.17 bits per heavy atom. The fourth-order valence-electron chi connectivity index (χ4n) is 3.00. The van der Waals surface area contributed by atoms with Crippen LogP contribution in [0.25, 0.3) is 5.65 Å². The van der Waals surface area contributed by atoms with E-state index in [2.05, 4.69) is 47.7 Å². The number of piperidine rings is 1. The number of hydrogen-bond donors (Lipinski definition) is 0. The summed E-state index contributed by atoms with van der Waals surface area (Å²) in [5.74, 6) is 0. The normalized spacial score (nSPS) is 21.8. The fourth-order valence-corrected chi connectivity index (χ4v) is 3.00. The number of pyridine rings is 1. The van der Waals surface area contributed by atoms with Crippen LogP contribution in [-0.2, 0) is 0 Å². The summed E-state index contributed by atoms with van der Waals surface area (Å²) < 4.78 is 2.13. The van der Waals surface area contributed by atoms with Crippen molar-refractivity contribution in [2.45, 2.75) is 45.2 Å². The summed E-state index contributed by atoms with van der Waals surface area (Å²) in [4.78, 5) is 7.38. The monoisotopic (exact) mass is 243 g/mol. The van der Waals surface area contributed by atoms with Gasteiger partial charge in [-0.05, 0) is 45.4 Å². The second-order valence-corrected chi connectivity index (χ2v) is 5.48. The Labute approximate surface area is 108 Å². The third-order valence-corrected chi connectivity index (χ3v) is 3.93. The van der Waals surface area contributed by atoms with Crippen molar-refractivity contribution < 1.29 is 0 Å². The molecule has 0 amide bonds. The van der Waals surface area contributed by atoms with E-state index in [4.69, 9.17) is 4.98 Å². The SMILES string of the molecule is CC(C)N1CCCCC1c1cn2ccccc2n1. The van der Waals surface area contributed by atoms with Crippen LogP contribution in [0.1, 0.15) is 44.8 Å². The molecule has 2 aromatic rings. The molecule has 0 aromatic carbocycles. The van der Waals surface area contributed by atoms with E-state index in [1.165, 1.54) is 31.5 Å². The number of fused-ring (bicyclic) bond motifs is 1. The summed E-state index contributed by atoms with van der Waals surface area (Å²) in [5, 5.41) is 0. The quantitative estimate of drug-likeness (QED) is 0.807. The van der Waals surface area contributed by atoms with Crippen molar-refractivity contribution in [1.82, 2.24) is 14.3 Å². The lowest BCUT2D eigenvalue weighted by Gasteiger charge is -2.37. The number of rotatable bonds is 2. The second-order valence-electron chi connectivity index (χ2n) is 5.48. The zero-order chi connectivity index (χ0) is 12.5. The average Bonchev–Trinajstić information content (AvgIpc) is 2.82. The molecule has 2 aromatic heterocycles. The molecule has 3 rings (SSSR count). The highest BCUT2D eigenvalue weighted by Crippen LogP contribution is 2.31. The first kappa shape index (κ1) is 11.7. The Kier molecular flexibility index (Phi) is 3.08. The third-order valence-electron chi connectivity index (χ3n) is 3.93. The third kappa shape index (κ3) is 2.03. The van der Waals surface area contributed by atoms with Crippen LogP contribution in [-0.4, -0.2) is 26.9 Å². The zero-order valence-electron chi connectivity index (χ0n) is 11.2. The van der Waals surface area contributed by atoms with E-state index in [0.29, 0.717) is 12.1 Å². The van der Waals surface area contributed by atoms with Gasteiger partial charge in [-0.2, -0.15) is 0 Å². The highest BCUT2D eigenvalue weighted by atomic mass is 15.2. The predicted molar refractivity (Wildman–Crippen MR) is 73.6 cm³/mol. The van der Waals surface area contributed by atoms with E-state index < -0.39 is 0 Å². The van der Waals surface area contributed by atoms with Crippen molar-refractivity contribution in [3.63, 3.8) is 0 Å². The van der Waals surface area contributed by atoms with Crippen molar-refractivity contribution in [2.24, 2.45) is 0 Å². The Bertz CT molecular complexity index is 496. The van der Waals surface area contributed by atoms with E-state index in [-0.39, 0.29) is 0 Å². The maximum atomic E-state index is 4.79. The van der Waals surface area contributed by atoms with Gasteiger partial charge < -0.3 is 4.40 Å². The van der Waals surface area contributed by atoms with Gasteiger partial charge in [-0.3, -0.25) is 4.90 Å². The molecular formula is C15H21N3. The molecule has 1 aliphatic rings. The Morgan fingerprint density at radius 3 is 2.94 bits per heavy atom. The fraction of sp³-hybridized carbons (Fsp3) is 0.533. The van der Waals surface area contributed by atoms with Crippen LogP contribution < -0.4 is 0 Å². The summed E-state index contributed by atoms with van der Waals surface area (Å²) in [6, 6.07) is 7.28.